The molecule has 0 aliphatic carbocycles. The third kappa shape index (κ3) is 4.27. The Morgan fingerprint density at radius 3 is 2.77 bits per heavy atom. The highest BCUT2D eigenvalue weighted by Gasteiger charge is 2.23. The first-order chi connectivity index (χ1) is 12.6. The lowest BCUT2D eigenvalue weighted by atomic mass is 10.1. The van der Waals surface area contributed by atoms with Gasteiger partial charge in [-0.05, 0) is 25.5 Å². The second kappa shape index (κ2) is 8.11. The Morgan fingerprint density at radius 2 is 2.08 bits per heavy atom. The SMILES string of the molecule is CNC(=O)c1cnc(N[C@@H]2CCOC[C@@H]2N)nc1Nc1ccc(C)cc1. The maximum atomic E-state index is 12.1. The van der Waals surface area contributed by atoms with Crippen molar-refractivity contribution in [2.75, 3.05) is 30.9 Å². The Bertz CT molecular complexity index is 765. The molecule has 8 nitrogen and oxygen atoms in total. The smallest absolute Gasteiger partial charge is 0.256 e. The number of aromatic nitrogens is 2. The second-order valence-corrected chi connectivity index (χ2v) is 6.30. The van der Waals surface area contributed by atoms with E-state index in [-0.39, 0.29) is 18.0 Å². The van der Waals surface area contributed by atoms with E-state index >= 15 is 0 Å². The van der Waals surface area contributed by atoms with Gasteiger partial charge < -0.3 is 26.4 Å². The highest BCUT2D eigenvalue weighted by atomic mass is 16.5. The monoisotopic (exact) mass is 356 g/mol. The third-order valence-electron chi connectivity index (χ3n) is 4.29. The van der Waals surface area contributed by atoms with Crippen molar-refractivity contribution in [2.24, 2.45) is 5.73 Å². The number of hydrogen-bond donors (Lipinski definition) is 4. The molecule has 2 atom stereocenters. The van der Waals surface area contributed by atoms with E-state index in [4.69, 9.17) is 10.5 Å². The van der Waals surface area contributed by atoms with Crippen LogP contribution in [-0.4, -0.2) is 48.2 Å². The number of carbonyl (C=O) groups is 1. The summed E-state index contributed by atoms with van der Waals surface area (Å²) in [6.07, 6.45) is 2.29. The molecule has 1 amide bonds. The fraction of sp³-hybridized carbons (Fsp3) is 0.389. The van der Waals surface area contributed by atoms with Gasteiger partial charge in [0.1, 0.15) is 11.4 Å². The first-order valence-corrected chi connectivity index (χ1v) is 8.59. The average molecular weight is 356 g/mol. The summed E-state index contributed by atoms with van der Waals surface area (Å²) in [5.41, 5.74) is 8.44. The number of carbonyl (C=O) groups excluding carboxylic acids is 1. The van der Waals surface area contributed by atoms with Crippen LogP contribution < -0.4 is 21.7 Å². The molecule has 5 N–H and O–H groups in total. The molecule has 1 aliphatic heterocycles. The summed E-state index contributed by atoms with van der Waals surface area (Å²) in [6, 6.07) is 7.76. The molecule has 0 bridgehead atoms. The Kier molecular flexibility index (Phi) is 5.65. The molecule has 2 heterocycles. The van der Waals surface area contributed by atoms with Crippen molar-refractivity contribution < 1.29 is 9.53 Å². The van der Waals surface area contributed by atoms with Gasteiger partial charge >= 0.3 is 0 Å². The molecular formula is C18H24N6O2. The molecule has 8 heteroatoms. The number of nitrogens with zero attached hydrogens (tertiary/aromatic N) is 2. The Hall–Kier alpha value is -2.71. The molecular weight excluding hydrogens is 332 g/mol. The van der Waals surface area contributed by atoms with Crippen LogP contribution >= 0.6 is 0 Å². The average Bonchev–Trinajstić information content (AvgIpc) is 2.65. The molecule has 26 heavy (non-hydrogen) atoms. The van der Waals surface area contributed by atoms with Crippen molar-refractivity contribution in [2.45, 2.75) is 25.4 Å². The lowest BCUT2D eigenvalue weighted by Gasteiger charge is -2.29. The van der Waals surface area contributed by atoms with Crippen molar-refractivity contribution in [1.82, 2.24) is 15.3 Å². The normalized spacial score (nSPS) is 19.7. The van der Waals surface area contributed by atoms with E-state index < -0.39 is 0 Å². The topological polar surface area (TPSA) is 114 Å². The number of benzene rings is 1. The van der Waals surface area contributed by atoms with Gasteiger partial charge in [0.25, 0.3) is 5.91 Å². The minimum Gasteiger partial charge on any atom is -0.380 e. The van der Waals surface area contributed by atoms with Gasteiger partial charge in [-0.15, -0.1) is 0 Å². The van der Waals surface area contributed by atoms with Crippen molar-refractivity contribution in [3.05, 3.63) is 41.6 Å². The molecule has 1 aliphatic rings. The van der Waals surface area contributed by atoms with Gasteiger partial charge in [-0.3, -0.25) is 4.79 Å². The van der Waals surface area contributed by atoms with Crippen LogP contribution in [0.3, 0.4) is 0 Å². The molecule has 1 fully saturated rings. The summed E-state index contributed by atoms with van der Waals surface area (Å²) in [4.78, 5) is 20.9. The van der Waals surface area contributed by atoms with Gasteiger partial charge in [-0.2, -0.15) is 4.98 Å². The summed E-state index contributed by atoms with van der Waals surface area (Å²) in [5, 5.41) is 9.06. The van der Waals surface area contributed by atoms with Gasteiger partial charge in [-0.25, -0.2) is 4.98 Å². The number of amides is 1. The maximum Gasteiger partial charge on any atom is 0.256 e. The fourth-order valence-corrected chi connectivity index (χ4v) is 2.73. The Labute approximate surface area is 152 Å². The number of aryl methyl sites for hydroxylation is 1. The zero-order valence-corrected chi connectivity index (χ0v) is 15.0. The maximum absolute atomic E-state index is 12.1. The van der Waals surface area contributed by atoms with Crippen LogP contribution in [-0.2, 0) is 4.74 Å². The zero-order valence-electron chi connectivity index (χ0n) is 15.0. The van der Waals surface area contributed by atoms with E-state index in [2.05, 4.69) is 25.9 Å². The number of hydrogen-bond acceptors (Lipinski definition) is 7. The number of nitrogens with two attached hydrogens (primary N) is 1. The van der Waals surface area contributed by atoms with Crippen LogP contribution in [0.5, 0.6) is 0 Å². The summed E-state index contributed by atoms with van der Waals surface area (Å²) in [5.74, 6) is 0.606. The summed E-state index contributed by atoms with van der Waals surface area (Å²) >= 11 is 0. The van der Waals surface area contributed by atoms with E-state index in [1.54, 1.807) is 7.05 Å². The predicted molar refractivity (Wildman–Crippen MR) is 101 cm³/mol. The van der Waals surface area contributed by atoms with Crippen molar-refractivity contribution in [1.29, 1.82) is 0 Å². The molecule has 0 radical (unpaired) electrons. The minimum atomic E-state index is -0.256. The van der Waals surface area contributed by atoms with Crippen molar-refractivity contribution in [3.63, 3.8) is 0 Å². The number of ether oxygens (including phenoxy) is 1. The van der Waals surface area contributed by atoms with Crippen LogP contribution in [0.2, 0.25) is 0 Å². The van der Waals surface area contributed by atoms with Gasteiger partial charge in [0, 0.05) is 37.6 Å². The van der Waals surface area contributed by atoms with Crippen molar-refractivity contribution >= 4 is 23.4 Å². The third-order valence-corrected chi connectivity index (χ3v) is 4.29. The van der Waals surface area contributed by atoms with Gasteiger partial charge in [0.15, 0.2) is 0 Å². The lowest BCUT2D eigenvalue weighted by molar-refractivity contribution is 0.0751. The standard InChI is InChI=1S/C18H24N6O2/c1-11-3-5-12(6-4-11)22-16-13(17(25)20-2)9-21-18(24-16)23-15-7-8-26-10-14(15)19/h3-6,9,14-15H,7-8,10,19H2,1-2H3,(H,20,25)(H2,21,22,23,24)/t14-,15+/m0/s1. The van der Waals surface area contributed by atoms with E-state index in [0.29, 0.717) is 30.5 Å². The molecule has 0 spiro atoms. The van der Waals surface area contributed by atoms with Crippen LogP contribution in [0.15, 0.2) is 30.5 Å². The highest BCUT2D eigenvalue weighted by molar-refractivity contribution is 5.99. The lowest BCUT2D eigenvalue weighted by Crippen LogP contribution is -2.47. The second-order valence-electron chi connectivity index (χ2n) is 6.30. The molecule has 3 rings (SSSR count). The number of nitrogens with one attached hydrogen (secondary N) is 3. The van der Waals surface area contributed by atoms with Crippen molar-refractivity contribution in [3.8, 4) is 0 Å². The van der Waals surface area contributed by atoms with Gasteiger partial charge in [0.05, 0.1) is 6.61 Å². The summed E-state index contributed by atoms with van der Waals surface area (Å²) < 4.78 is 5.36. The van der Waals surface area contributed by atoms with E-state index in [9.17, 15) is 4.79 Å². The zero-order chi connectivity index (χ0) is 18.5. The molecule has 0 saturated carbocycles. The first-order valence-electron chi connectivity index (χ1n) is 8.59. The minimum absolute atomic E-state index is 0.0295. The van der Waals surface area contributed by atoms with Crippen LogP contribution in [0, 0.1) is 6.92 Å². The largest absolute Gasteiger partial charge is 0.380 e. The van der Waals surface area contributed by atoms with E-state index in [1.165, 1.54) is 6.20 Å². The molecule has 1 aromatic heterocycles. The number of rotatable bonds is 5. The molecule has 138 valence electrons. The van der Waals surface area contributed by atoms with E-state index in [1.807, 2.05) is 31.2 Å². The molecule has 1 aromatic carbocycles. The van der Waals surface area contributed by atoms with Gasteiger partial charge in [-0.1, -0.05) is 17.7 Å². The van der Waals surface area contributed by atoms with Crippen LogP contribution in [0.4, 0.5) is 17.5 Å². The Balaban J connectivity index is 1.85. The Morgan fingerprint density at radius 1 is 1.31 bits per heavy atom. The molecule has 2 aromatic rings. The first kappa shape index (κ1) is 18.1. The van der Waals surface area contributed by atoms with Gasteiger partial charge in [0.2, 0.25) is 5.95 Å². The highest BCUT2D eigenvalue weighted by Crippen LogP contribution is 2.21. The predicted octanol–water partition coefficient (Wildman–Crippen LogP) is 1.42. The number of anilines is 3. The molecule has 1 saturated heterocycles. The van der Waals surface area contributed by atoms with Crippen LogP contribution in [0.25, 0.3) is 0 Å². The van der Waals surface area contributed by atoms with E-state index in [0.717, 1.165) is 17.7 Å². The molecule has 0 unspecified atom stereocenters. The fourth-order valence-electron chi connectivity index (χ4n) is 2.73. The summed E-state index contributed by atoms with van der Waals surface area (Å²) in [6.45, 7) is 3.17. The summed E-state index contributed by atoms with van der Waals surface area (Å²) in [7, 11) is 1.57. The quantitative estimate of drug-likeness (QED) is 0.640. The van der Waals surface area contributed by atoms with Crippen LogP contribution in [0.1, 0.15) is 22.3 Å².